The Morgan fingerprint density at radius 3 is 2.67 bits per heavy atom. The number of hydrogen-bond donors (Lipinski definition) is 0. The predicted octanol–water partition coefficient (Wildman–Crippen LogP) is 0.982. The second-order valence-electron chi connectivity index (χ2n) is 5.43. The maximum absolute atomic E-state index is 12.1. The molecule has 0 N–H and O–H groups in total. The number of nitro groups is 1. The Labute approximate surface area is 139 Å². The van der Waals surface area contributed by atoms with Gasteiger partial charge < -0.3 is 14.5 Å². The molecule has 1 fully saturated rings. The van der Waals surface area contributed by atoms with Crippen LogP contribution in [0.25, 0.3) is 0 Å². The summed E-state index contributed by atoms with van der Waals surface area (Å²) >= 11 is 0. The Bertz CT molecular complexity index is 604. The molecular weight excluding hydrogens is 316 g/mol. The Kier molecular flexibility index (Phi) is 6.05. The molecule has 0 radical (unpaired) electrons. The summed E-state index contributed by atoms with van der Waals surface area (Å²) in [5, 5.41) is 10.7. The van der Waals surface area contributed by atoms with E-state index in [2.05, 4.69) is 9.72 Å². The molecular formula is C15H20N4O5. The van der Waals surface area contributed by atoms with E-state index >= 15 is 0 Å². The summed E-state index contributed by atoms with van der Waals surface area (Å²) in [5.41, 5.74) is -0.0480. The molecule has 1 aliphatic rings. The molecule has 0 saturated carbocycles. The van der Waals surface area contributed by atoms with Crippen LogP contribution in [0.1, 0.15) is 19.3 Å². The largest absolute Gasteiger partial charge is 0.469 e. The van der Waals surface area contributed by atoms with Crippen LogP contribution in [-0.4, -0.2) is 60.0 Å². The number of pyridine rings is 1. The van der Waals surface area contributed by atoms with Crippen molar-refractivity contribution in [3.63, 3.8) is 0 Å². The molecule has 0 bridgehead atoms. The minimum atomic E-state index is -0.485. The molecule has 24 heavy (non-hydrogen) atoms. The van der Waals surface area contributed by atoms with Crippen molar-refractivity contribution in [3.05, 3.63) is 28.4 Å². The van der Waals surface area contributed by atoms with Crippen molar-refractivity contribution in [1.82, 2.24) is 9.88 Å². The van der Waals surface area contributed by atoms with Gasteiger partial charge in [-0.05, 0) is 12.5 Å². The van der Waals surface area contributed by atoms with Crippen LogP contribution < -0.4 is 4.90 Å². The highest BCUT2D eigenvalue weighted by molar-refractivity contribution is 5.81. The van der Waals surface area contributed by atoms with E-state index in [1.165, 1.54) is 19.4 Å². The highest BCUT2D eigenvalue weighted by atomic mass is 16.6. The van der Waals surface area contributed by atoms with Crippen LogP contribution in [0.2, 0.25) is 0 Å². The molecule has 0 aromatic carbocycles. The lowest BCUT2D eigenvalue weighted by molar-refractivity contribution is -0.385. The van der Waals surface area contributed by atoms with Crippen molar-refractivity contribution in [1.29, 1.82) is 0 Å². The van der Waals surface area contributed by atoms with Gasteiger partial charge in [-0.3, -0.25) is 19.7 Å². The van der Waals surface area contributed by atoms with Gasteiger partial charge in [0.1, 0.15) is 12.0 Å². The van der Waals surface area contributed by atoms with Crippen LogP contribution in [0, 0.1) is 10.1 Å². The second-order valence-corrected chi connectivity index (χ2v) is 5.43. The Balaban J connectivity index is 1.91. The number of nitrogens with zero attached hydrogens (tertiary/aromatic N) is 4. The topological polar surface area (TPSA) is 106 Å². The highest BCUT2D eigenvalue weighted by Crippen LogP contribution is 2.17. The van der Waals surface area contributed by atoms with E-state index < -0.39 is 10.9 Å². The average Bonchev–Trinajstić information content (AvgIpc) is 2.85. The molecule has 2 rings (SSSR count). The smallest absolute Gasteiger partial charge is 0.306 e. The molecule has 1 aromatic rings. The van der Waals surface area contributed by atoms with Gasteiger partial charge in [-0.2, -0.15) is 0 Å². The monoisotopic (exact) mass is 336 g/mol. The SMILES string of the molecule is COC(=O)CCC(=O)N1CCCN(c2ccc([N+](=O)[O-])cn2)CC1. The van der Waals surface area contributed by atoms with Gasteiger partial charge in [-0.25, -0.2) is 4.98 Å². The Hall–Kier alpha value is -2.71. The molecule has 0 unspecified atom stereocenters. The molecule has 1 aromatic heterocycles. The molecule has 0 spiro atoms. The van der Waals surface area contributed by atoms with Gasteiger partial charge in [0, 0.05) is 38.7 Å². The van der Waals surface area contributed by atoms with E-state index in [0.717, 1.165) is 6.42 Å². The summed E-state index contributed by atoms with van der Waals surface area (Å²) < 4.78 is 4.54. The first kappa shape index (κ1) is 17.6. The van der Waals surface area contributed by atoms with Gasteiger partial charge in [0.25, 0.3) is 5.69 Å². The molecule has 9 heteroatoms. The molecule has 9 nitrogen and oxygen atoms in total. The lowest BCUT2D eigenvalue weighted by Crippen LogP contribution is -2.35. The summed E-state index contributed by atoms with van der Waals surface area (Å²) in [7, 11) is 1.30. The fourth-order valence-corrected chi connectivity index (χ4v) is 2.54. The number of hydrogen-bond acceptors (Lipinski definition) is 7. The molecule has 1 saturated heterocycles. The van der Waals surface area contributed by atoms with Gasteiger partial charge >= 0.3 is 5.97 Å². The first-order chi connectivity index (χ1) is 11.5. The normalized spacial score (nSPS) is 14.9. The number of anilines is 1. The van der Waals surface area contributed by atoms with Crippen LogP contribution in [-0.2, 0) is 14.3 Å². The maximum Gasteiger partial charge on any atom is 0.306 e. The third-order valence-corrected chi connectivity index (χ3v) is 3.89. The zero-order valence-corrected chi connectivity index (χ0v) is 13.5. The van der Waals surface area contributed by atoms with Crippen molar-refractivity contribution >= 4 is 23.4 Å². The Morgan fingerprint density at radius 1 is 1.25 bits per heavy atom. The fraction of sp³-hybridized carbons (Fsp3) is 0.533. The molecule has 0 aliphatic carbocycles. The number of carbonyl (C=O) groups excluding carboxylic acids is 2. The number of esters is 1. The highest BCUT2D eigenvalue weighted by Gasteiger charge is 2.21. The number of methoxy groups -OCH3 is 1. The maximum atomic E-state index is 12.1. The van der Waals surface area contributed by atoms with Gasteiger partial charge in [0.2, 0.25) is 5.91 Å². The van der Waals surface area contributed by atoms with Crippen LogP contribution >= 0.6 is 0 Å². The zero-order chi connectivity index (χ0) is 17.5. The minimum Gasteiger partial charge on any atom is -0.469 e. The fourth-order valence-electron chi connectivity index (χ4n) is 2.54. The molecule has 1 aliphatic heterocycles. The van der Waals surface area contributed by atoms with Gasteiger partial charge in [0.15, 0.2) is 0 Å². The number of amides is 1. The van der Waals surface area contributed by atoms with Crippen molar-refractivity contribution in [2.24, 2.45) is 0 Å². The summed E-state index contributed by atoms with van der Waals surface area (Å²) in [6, 6.07) is 3.04. The van der Waals surface area contributed by atoms with E-state index in [1.54, 1.807) is 11.0 Å². The molecule has 130 valence electrons. The van der Waals surface area contributed by atoms with Crippen LogP contribution in [0.4, 0.5) is 11.5 Å². The lowest BCUT2D eigenvalue weighted by atomic mass is 10.2. The number of carbonyl (C=O) groups is 2. The predicted molar refractivity (Wildman–Crippen MR) is 85.6 cm³/mol. The third kappa shape index (κ3) is 4.64. The van der Waals surface area contributed by atoms with Crippen LogP contribution in [0.3, 0.4) is 0 Å². The van der Waals surface area contributed by atoms with Crippen molar-refractivity contribution in [2.45, 2.75) is 19.3 Å². The first-order valence-electron chi connectivity index (χ1n) is 7.71. The number of ether oxygens (including phenoxy) is 1. The first-order valence-corrected chi connectivity index (χ1v) is 7.71. The average molecular weight is 336 g/mol. The van der Waals surface area contributed by atoms with Crippen LogP contribution in [0.15, 0.2) is 18.3 Å². The summed E-state index contributed by atoms with van der Waals surface area (Å²) in [6.07, 6.45) is 2.23. The van der Waals surface area contributed by atoms with Gasteiger partial charge in [0.05, 0.1) is 18.5 Å². The van der Waals surface area contributed by atoms with Crippen molar-refractivity contribution in [3.8, 4) is 0 Å². The minimum absolute atomic E-state index is 0.0480. The third-order valence-electron chi connectivity index (χ3n) is 3.89. The van der Waals surface area contributed by atoms with E-state index in [1.807, 2.05) is 4.90 Å². The number of rotatable bonds is 5. The van der Waals surface area contributed by atoms with E-state index in [0.29, 0.717) is 32.0 Å². The van der Waals surface area contributed by atoms with E-state index in [9.17, 15) is 19.7 Å². The molecule has 2 heterocycles. The standard InChI is InChI=1S/C15H20N4O5/c1-24-15(21)6-5-14(20)18-8-2-7-17(9-10-18)13-4-3-12(11-16-13)19(22)23/h3-4,11H,2,5-10H2,1H3. The van der Waals surface area contributed by atoms with Crippen LogP contribution in [0.5, 0.6) is 0 Å². The molecule has 0 atom stereocenters. The molecule has 1 amide bonds. The van der Waals surface area contributed by atoms with Crippen molar-refractivity contribution < 1.29 is 19.2 Å². The van der Waals surface area contributed by atoms with Gasteiger partial charge in [-0.15, -0.1) is 0 Å². The van der Waals surface area contributed by atoms with E-state index in [-0.39, 0.29) is 24.4 Å². The number of aromatic nitrogens is 1. The summed E-state index contributed by atoms with van der Waals surface area (Å²) in [4.78, 5) is 41.3. The van der Waals surface area contributed by atoms with E-state index in [4.69, 9.17) is 0 Å². The zero-order valence-electron chi connectivity index (χ0n) is 13.5. The second kappa shape index (κ2) is 8.23. The lowest BCUT2D eigenvalue weighted by Gasteiger charge is -2.22. The van der Waals surface area contributed by atoms with Crippen molar-refractivity contribution in [2.75, 3.05) is 38.2 Å². The summed E-state index contributed by atoms with van der Waals surface area (Å²) in [6.45, 7) is 2.45. The quantitative estimate of drug-likeness (QED) is 0.448. The summed E-state index contributed by atoms with van der Waals surface area (Å²) in [5.74, 6) is 0.193. The van der Waals surface area contributed by atoms with Gasteiger partial charge in [-0.1, -0.05) is 0 Å². The Morgan fingerprint density at radius 2 is 2.04 bits per heavy atom.